The Kier molecular flexibility index (Phi) is 5.85. The van der Waals surface area contributed by atoms with Crippen molar-refractivity contribution < 1.29 is 19.1 Å². The SMILES string of the molecule is CCCC[C@H]1NC(C(=O)OCC)(C(=O)OCC)Cc2c1[nH]c1ccccc21. The summed E-state index contributed by atoms with van der Waals surface area (Å²) in [5.41, 5.74) is 1.54. The van der Waals surface area contributed by atoms with Gasteiger partial charge in [-0.2, -0.15) is 0 Å². The summed E-state index contributed by atoms with van der Waals surface area (Å²) in [5, 5.41) is 4.34. The molecule has 0 amide bonds. The van der Waals surface area contributed by atoms with Gasteiger partial charge >= 0.3 is 11.9 Å². The fourth-order valence-corrected chi connectivity index (χ4v) is 3.87. The molecular formula is C21H28N2O4. The molecule has 2 N–H and O–H groups in total. The molecule has 27 heavy (non-hydrogen) atoms. The number of unbranched alkanes of at least 4 members (excludes halogenated alkanes) is 1. The summed E-state index contributed by atoms with van der Waals surface area (Å²) in [6.45, 7) is 6.03. The minimum absolute atomic E-state index is 0.144. The van der Waals surface area contributed by atoms with Crippen LogP contribution in [-0.2, 0) is 25.5 Å². The van der Waals surface area contributed by atoms with E-state index in [0.717, 1.165) is 41.4 Å². The van der Waals surface area contributed by atoms with E-state index in [0.29, 0.717) is 0 Å². The van der Waals surface area contributed by atoms with Crippen LogP contribution < -0.4 is 5.32 Å². The maximum Gasteiger partial charge on any atom is 0.338 e. The molecule has 1 aromatic heterocycles. The molecule has 0 saturated carbocycles. The highest BCUT2D eigenvalue weighted by Gasteiger charge is 2.54. The molecule has 1 aromatic carbocycles. The van der Waals surface area contributed by atoms with Crippen LogP contribution in [0.5, 0.6) is 0 Å². The second-order valence-electron chi connectivity index (χ2n) is 6.93. The first kappa shape index (κ1) is 19.4. The summed E-state index contributed by atoms with van der Waals surface area (Å²) in [6, 6.07) is 7.84. The third kappa shape index (κ3) is 3.46. The smallest absolute Gasteiger partial charge is 0.338 e. The molecule has 146 valence electrons. The number of rotatable bonds is 7. The number of hydrogen-bond acceptors (Lipinski definition) is 5. The number of nitrogens with one attached hydrogen (secondary N) is 2. The lowest BCUT2D eigenvalue weighted by Crippen LogP contribution is -2.64. The van der Waals surface area contributed by atoms with Crippen molar-refractivity contribution in [2.45, 2.75) is 58.0 Å². The van der Waals surface area contributed by atoms with Gasteiger partial charge in [-0.1, -0.05) is 38.0 Å². The zero-order valence-corrected chi connectivity index (χ0v) is 16.3. The molecular weight excluding hydrogens is 344 g/mol. The van der Waals surface area contributed by atoms with Crippen molar-refractivity contribution in [3.05, 3.63) is 35.5 Å². The van der Waals surface area contributed by atoms with Gasteiger partial charge in [0, 0.05) is 29.1 Å². The van der Waals surface area contributed by atoms with Crippen molar-refractivity contribution in [2.75, 3.05) is 13.2 Å². The Morgan fingerprint density at radius 1 is 1.11 bits per heavy atom. The molecule has 0 unspecified atom stereocenters. The summed E-state index contributed by atoms with van der Waals surface area (Å²) in [5.74, 6) is -1.14. The predicted octanol–water partition coefficient (Wildman–Crippen LogP) is 3.41. The van der Waals surface area contributed by atoms with Gasteiger partial charge in [0.25, 0.3) is 0 Å². The number of fused-ring (bicyclic) bond motifs is 3. The van der Waals surface area contributed by atoms with Crippen LogP contribution in [0.25, 0.3) is 10.9 Å². The van der Waals surface area contributed by atoms with Gasteiger partial charge in [-0.25, -0.2) is 9.59 Å². The highest BCUT2D eigenvalue weighted by Crippen LogP contribution is 2.38. The summed E-state index contributed by atoms with van der Waals surface area (Å²) in [6.07, 6.45) is 3.04. The van der Waals surface area contributed by atoms with Gasteiger partial charge in [0.2, 0.25) is 5.54 Å². The van der Waals surface area contributed by atoms with Crippen LogP contribution in [0, 0.1) is 0 Å². The quantitative estimate of drug-likeness (QED) is 0.575. The fourth-order valence-electron chi connectivity index (χ4n) is 3.87. The summed E-state index contributed by atoms with van der Waals surface area (Å²) in [7, 11) is 0. The zero-order valence-electron chi connectivity index (χ0n) is 16.3. The van der Waals surface area contributed by atoms with Crippen molar-refractivity contribution in [3.8, 4) is 0 Å². The van der Waals surface area contributed by atoms with E-state index in [1.54, 1.807) is 13.8 Å². The number of carbonyl (C=O) groups excluding carboxylic acids is 2. The Bertz CT molecular complexity index is 809. The molecule has 1 aliphatic heterocycles. The van der Waals surface area contributed by atoms with Crippen molar-refractivity contribution in [3.63, 3.8) is 0 Å². The minimum Gasteiger partial charge on any atom is -0.464 e. The summed E-state index contributed by atoms with van der Waals surface area (Å²) < 4.78 is 10.6. The van der Waals surface area contributed by atoms with Crippen LogP contribution in [0.4, 0.5) is 0 Å². The van der Waals surface area contributed by atoms with Crippen LogP contribution in [-0.4, -0.2) is 35.7 Å². The van der Waals surface area contributed by atoms with E-state index in [9.17, 15) is 9.59 Å². The first-order valence-corrected chi connectivity index (χ1v) is 9.79. The van der Waals surface area contributed by atoms with Gasteiger partial charge < -0.3 is 14.5 Å². The molecule has 1 aliphatic rings. The second kappa shape index (κ2) is 8.13. The molecule has 6 nitrogen and oxygen atoms in total. The minimum atomic E-state index is -1.51. The number of ether oxygens (including phenoxy) is 2. The number of aromatic amines is 1. The van der Waals surface area contributed by atoms with Crippen molar-refractivity contribution >= 4 is 22.8 Å². The molecule has 6 heteroatoms. The Labute approximate surface area is 159 Å². The number of hydrogen-bond donors (Lipinski definition) is 2. The fraction of sp³-hybridized carbons (Fsp3) is 0.524. The van der Waals surface area contributed by atoms with E-state index >= 15 is 0 Å². The number of esters is 2. The largest absolute Gasteiger partial charge is 0.464 e. The van der Waals surface area contributed by atoms with Gasteiger partial charge in [-0.3, -0.25) is 5.32 Å². The summed E-state index contributed by atoms with van der Waals surface area (Å²) in [4.78, 5) is 29.3. The Morgan fingerprint density at radius 3 is 2.41 bits per heavy atom. The Balaban J connectivity index is 2.13. The lowest BCUT2D eigenvalue weighted by molar-refractivity contribution is -0.167. The molecule has 0 radical (unpaired) electrons. The van der Waals surface area contributed by atoms with Gasteiger partial charge in [0.15, 0.2) is 0 Å². The van der Waals surface area contributed by atoms with E-state index in [1.807, 2.05) is 24.3 Å². The van der Waals surface area contributed by atoms with Gasteiger partial charge in [0.05, 0.1) is 13.2 Å². The molecule has 0 bridgehead atoms. The number of para-hydroxylation sites is 1. The van der Waals surface area contributed by atoms with Crippen LogP contribution in [0.2, 0.25) is 0 Å². The maximum atomic E-state index is 12.9. The first-order valence-electron chi connectivity index (χ1n) is 9.79. The molecule has 0 aliphatic carbocycles. The van der Waals surface area contributed by atoms with Gasteiger partial charge in [-0.15, -0.1) is 0 Å². The Hall–Kier alpha value is -2.34. The third-order valence-corrected chi connectivity index (χ3v) is 5.15. The average molecular weight is 372 g/mol. The molecule has 0 spiro atoms. The monoisotopic (exact) mass is 372 g/mol. The topological polar surface area (TPSA) is 80.4 Å². The molecule has 3 rings (SSSR count). The van der Waals surface area contributed by atoms with Crippen LogP contribution in [0.3, 0.4) is 0 Å². The standard InChI is InChI=1S/C21H28N2O4/c1-4-7-11-17-18-15(14-10-8-9-12-16(14)22-18)13-21(23-17,19(24)26-5-2)20(25)27-6-3/h8-10,12,17,22-23H,4-7,11,13H2,1-3H3/t17-/m1/s1. The number of H-pyrrole nitrogens is 1. The molecule has 2 heterocycles. The van der Waals surface area contributed by atoms with E-state index in [-0.39, 0.29) is 25.7 Å². The second-order valence-corrected chi connectivity index (χ2v) is 6.93. The van der Waals surface area contributed by atoms with Crippen LogP contribution in [0.1, 0.15) is 57.3 Å². The lowest BCUT2D eigenvalue weighted by atomic mass is 9.82. The Morgan fingerprint density at radius 2 is 1.78 bits per heavy atom. The zero-order chi connectivity index (χ0) is 19.4. The molecule has 0 saturated heterocycles. The maximum absolute atomic E-state index is 12.9. The molecule has 1 atom stereocenters. The van der Waals surface area contributed by atoms with Crippen molar-refractivity contribution in [1.82, 2.24) is 10.3 Å². The van der Waals surface area contributed by atoms with Crippen LogP contribution >= 0.6 is 0 Å². The van der Waals surface area contributed by atoms with E-state index in [2.05, 4.69) is 17.2 Å². The number of benzene rings is 1. The number of carbonyl (C=O) groups is 2. The van der Waals surface area contributed by atoms with E-state index < -0.39 is 17.5 Å². The molecule has 2 aromatic rings. The van der Waals surface area contributed by atoms with E-state index in [1.165, 1.54) is 0 Å². The van der Waals surface area contributed by atoms with E-state index in [4.69, 9.17) is 9.47 Å². The lowest BCUT2D eigenvalue weighted by Gasteiger charge is -2.38. The normalized spacial score (nSPS) is 18.1. The van der Waals surface area contributed by atoms with Gasteiger partial charge in [0.1, 0.15) is 0 Å². The van der Waals surface area contributed by atoms with Crippen molar-refractivity contribution in [1.29, 1.82) is 0 Å². The predicted molar refractivity (Wildman–Crippen MR) is 103 cm³/mol. The first-order chi connectivity index (χ1) is 13.1. The van der Waals surface area contributed by atoms with Crippen molar-refractivity contribution in [2.24, 2.45) is 0 Å². The van der Waals surface area contributed by atoms with Gasteiger partial charge in [-0.05, 0) is 31.9 Å². The highest BCUT2D eigenvalue weighted by atomic mass is 16.6. The average Bonchev–Trinajstić information content (AvgIpc) is 3.05. The van der Waals surface area contributed by atoms with Crippen LogP contribution in [0.15, 0.2) is 24.3 Å². The molecule has 0 fully saturated rings. The third-order valence-electron chi connectivity index (χ3n) is 5.15. The number of aromatic nitrogens is 1. The summed E-state index contributed by atoms with van der Waals surface area (Å²) >= 11 is 0. The highest BCUT2D eigenvalue weighted by molar-refractivity contribution is 6.06.